The largest absolute Gasteiger partial charge is 0.389 e. The first-order valence-corrected chi connectivity index (χ1v) is 7.15. The number of thiocarbonyl (C=S) groups is 1. The molecular weight excluding hydrogens is 256 g/mol. The molecule has 1 aromatic rings. The molecule has 0 aromatic heterocycles. The van der Waals surface area contributed by atoms with Crippen LogP contribution in [0.5, 0.6) is 0 Å². The maximum Gasteiger partial charge on any atom is 0.176 e. The van der Waals surface area contributed by atoms with Crippen molar-refractivity contribution in [3.8, 4) is 0 Å². The Balaban J connectivity index is 3.76. The van der Waals surface area contributed by atoms with Gasteiger partial charge in [-0.15, -0.1) is 0 Å². The van der Waals surface area contributed by atoms with Gasteiger partial charge in [0.05, 0.1) is 4.90 Å². The average Bonchev–Trinajstić information content (AvgIpc) is 2.25. The minimum atomic E-state index is -3.34. The van der Waals surface area contributed by atoms with E-state index in [1.54, 1.807) is 26.1 Å². The van der Waals surface area contributed by atoms with Gasteiger partial charge in [-0.25, -0.2) is 8.42 Å². The zero-order valence-electron chi connectivity index (χ0n) is 9.89. The Kier molecular flexibility index (Phi) is 4.00. The first-order chi connectivity index (χ1) is 7.79. The lowest BCUT2D eigenvalue weighted by Gasteiger charge is -2.12. The van der Waals surface area contributed by atoms with E-state index >= 15 is 0 Å². The van der Waals surface area contributed by atoms with Gasteiger partial charge in [0, 0.05) is 30.1 Å². The fourth-order valence-electron chi connectivity index (χ4n) is 1.53. The number of hydrogen-bond donors (Lipinski definition) is 1. The number of aliphatic imine (C=N–C) groups is 1. The van der Waals surface area contributed by atoms with Crippen LogP contribution in [0.4, 0.5) is 0 Å². The number of sulfone groups is 1. The van der Waals surface area contributed by atoms with Crippen molar-refractivity contribution >= 4 is 32.8 Å². The van der Waals surface area contributed by atoms with Crippen LogP contribution in [0.1, 0.15) is 18.1 Å². The smallest absolute Gasteiger partial charge is 0.176 e. The summed E-state index contributed by atoms with van der Waals surface area (Å²) in [5.41, 5.74) is 7.22. The van der Waals surface area contributed by atoms with Crippen molar-refractivity contribution in [3.05, 3.63) is 29.3 Å². The van der Waals surface area contributed by atoms with E-state index in [-0.39, 0.29) is 9.88 Å². The Hall–Kier alpha value is -1.27. The van der Waals surface area contributed by atoms with Crippen molar-refractivity contribution in [1.82, 2.24) is 0 Å². The summed E-state index contributed by atoms with van der Waals surface area (Å²) < 4.78 is 23.4. The lowest BCUT2D eigenvalue weighted by Crippen LogP contribution is -2.17. The minimum Gasteiger partial charge on any atom is -0.389 e. The lowest BCUT2D eigenvalue weighted by atomic mass is 10.0. The van der Waals surface area contributed by atoms with Crippen molar-refractivity contribution in [3.63, 3.8) is 0 Å². The van der Waals surface area contributed by atoms with Gasteiger partial charge in [0.15, 0.2) is 9.84 Å². The van der Waals surface area contributed by atoms with E-state index in [1.807, 2.05) is 0 Å². The summed E-state index contributed by atoms with van der Waals surface area (Å²) in [6, 6.07) is 4.85. The lowest BCUT2D eigenvalue weighted by molar-refractivity contribution is 0.601. The van der Waals surface area contributed by atoms with E-state index in [9.17, 15) is 8.42 Å². The second kappa shape index (κ2) is 4.93. The fraction of sp³-hybridized carbons (Fsp3) is 0.273. The molecule has 0 fully saturated rings. The zero-order chi connectivity index (χ0) is 13.2. The molecule has 0 unspecified atom stereocenters. The standard InChI is InChI=1S/C11H14N2O2S2/c1-7(13-2)10-8(11(12)16)5-4-6-9(10)17(3,14)15/h4-6H,1-3H3,(H2,12,16). The molecule has 92 valence electrons. The summed E-state index contributed by atoms with van der Waals surface area (Å²) in [5, 5.41) is 0. The van der Waals surface area contributed by atoms with Gasteiger partial charge in [-0.1, -0.05) is 24.4 Å². The van der Waals surface area contributed by atoms with Crippen LogP contribution < -0.4 is 5.73 Å². The predicted octanol–water partition coefficient (Wildman–Crippen LogP) is 1.16. The Morgan fingerprint density at radius 3 is 2.41 bits per heavy atom. The molecule has 0 aliphatic carbocycles. The second-order valence-electron chi connectivity index (χ2n) is 3.62. The van der Waals surface area contributed by atoms with Gasteiger partial charge in [0.25, 0.3) is 0 Å². The molecule has 0 amide bonds. The Labute approximate surface area is 106 Å². The van der Waals surface area contributed by atoms with Crippen LogP contribution in [-0.4, -0.2) is 32.4 Å². The van der Waals surface area contributed by atoms with Gasteiger partial charge in [-0.3, -0.25) is 4.99 Å². The van der Waals surface area contributed by atoms with Crippen molar-refractivity contribution in [1.29, 1.82) is 0 Å². The number of nitrogens with zero attached hydrogens (tertiary/aromatic N) is 1. The van der Waals surface area contributed by atoms with E-state index < -0.39 is 9.84 Å². The molecule has 17 heavy (non-hydrogen) atoms. The Morgan fingerprint density at radius 1 is 1.41 bits per heavy atom. The first-order valence-electron chi connectivity index (χ1n) is 4.85. The third-order valence-electron chi connectivity index (χ3n) is 2.39. The van der Waals surface area contributed by atoms with Crippen molar-refractivity contribution in [2.75, 3.05) is 13.3 Å². The molecule has 0 radical (unpaired) electrons. The highest BCUT2D eigenvalue weighted by Crippen LogP contribution is 2.21. The van der Waals surface area contributed by atoms with Crippen LogP contribution in [0.2, 0.25) is 0 Å². The molecule has 0 spiro atoms. The maximum atomic E-state index is 11.7. The Bertz CT molecular complexity index is 589. The van der Waals surface area contributed by atoms with Crippen LogP contribution in [0.3, 0.4) is 0 Å². The van der Waals surface area contributed by atoms with Crippen LogP contribution >= 0.6 is 12.2 Å². The van der Waals surface area contributed by atoms with Gasteiger partial charge in [0.2, 0.25) is 0 Å². The molecule has 0 aliphatic heterocycles. The topological polar surface area (TPSA) is 72.5 Å². The van der Waals surface area contributed by atoms with Crippen molar-refractivity contribution in [2.45, 2.75) is 11.8 Å². The molecule has 0 saturated carbocycles. The van der Waals surface area contributed by atoms with E-state index in [1.165, 1.54) is 6.07 Å². The van der Waals surface area contributed by atoms with E-state index in [4.69, 9.17) is 18.0 Å². The normalized spacial score (nSPS) is 12.5. The van der Waals surface area contributed by atoms with Crippen molar-refractivity contribution < 1.29 is 8.42 Å². The number of hydrogen-bond acceptors (Lipinski definition) is 4. The van der Waals surface area contributed by atoms with E-state index in [0.717, 1.165) is 6.26 Å². The zero-order valence-corrected chi connectivity index (χ0v) is 11.5. The van der Waals surface area contributed by atoms with Gasteiger partial charge in [-0.05, 0) is 13.0 Å². The van der Waals surface area contributed by atoms with Crippen molar-refractivity contribution in [2.24, 2.45) is 10.7 Å². The molecule has 4 nitrogen and oxygen atoms in total. The molecule has 0 aliphatic rings. The number of rotatable bonds is 3. The fourth-order valence-corrected chi connectivity index (χ4v) is 2.65. The molecule has 6 heteroatoms. The number of benzene rings is 1. The second-order valence-corrected chi connectivity index (χ2v) is 6.05. The van der Waals surface area contributed by atoms with Gasteiger partial charge in [-0.2, -0.15) is 0 Å². The molecule has 0 bridgehead atoms. The maximum absolute atomic E-state index is 11.7. The molecule has 0 saturated heterocycles. The molecule has 1 rings (SSSR count). The molecule has 0 atom stereocenters. The summed E-state index contributed by atoms with van der Waals surface area (Å²) in [6.07, 6.45) is 1.15. The predicted molar refractivity (Wildman–Crippen MR) is 73.6 cm³/mol. The van der Waals surface area contributed by atoms with Gasteiger partial charge < -0.3 is 5.73 Å². The monoisotopic (exact) mass is 270 g/mol. The first kappa shape index (κ1) is 13.8. The van der Waals surface area contributed by atoms with Gasteiger partial charge in [0.1, 0.15) is 4.99 Å². The minimum absolute atomic E-state index is 0.161. The third kappa shape index (κ3) is 2.89. The average molecular weight is 270 g/mol. The molecular formula is C11H14N2O2S2. The summed E-state index contributed by atoms with van der Waals surface area (Å²) in [6.45, 7) is 1.73. The third-order valence-corrected chi connectivity index (χ3v) is 3.75. The highest BCUT2D eigenvalue weighted by Gasteiger charge is 2.19. The van der Waals surface area contributed by atoms with Crippen LogP contribution in [0.25, 0.3) is 0 Å². The highest BCUT2D eigenvalue weighted by molar-refractivity contribution is 7.90. The quantitative estimate of drug-likeness (QED) is 0.661. The van der Waals surface area contributed by atoms with Crippen LogP contribution in [-0.2, 0) is 9.84 Å². The summed E-state index contributed by atoms with van der Waals surface area (Å²) in [5.74, 6) is 0. The van der Waals surface area contributed by atoms with Gasteiger partial charge >= 0.3 is 0 Å². The Morgan fingerprint density at radius 2 is 2.00 bits per heavy atom. The van der Waals surface area contributed by atoms with Crippen LogP contribution in [0.15, 0.2) is 28.1 Å². The summed E-state index contributed by atoms with van der Waals surface area (Å²) in [7, 11) is -1.75. The summed E-state index contributed by atoms with van der Waals surface area (Å²) in [4.78, 5) is 4.37. The van der Waals surface area contributed by atoms with E-state index in [2.05, 4.69) is 4.99 Å². The SMILES string of the molecule is CN=C(C)c1c(C(N)=S)cccc1S(C)(=O)=O. The number of nitrogens with two attached hydrogens (primary N) is 1. The molecule has 0 heterocycles. The van der Waals surface area contributed by atoms with E-state index in [0.29, 0.717) is 16.8 Å². The molecule has 2 N–H and O–H groups in total. The highest BCUT2D eigenvalue weighted by atomic mass is 32.2. The van der Waals surface area contributed by atoms with Crippen LogP contribution in [0, 0.1) is 0 Å². The summed E-state index contributed by atoms with van der Waals surface area (Å²) >= 11 is 4.93. The molecule has 1 aromatic carbocycles.